The van der Waals surface area contributed by atoms with Gasteiger partial charge in [0.15, 0.2) is 0 Å². The Hall–Kier alpha value is -3.08. The number of nitrogens with zero attached hydrogens (tertiary/aromatic N) is 4. The number of ether oxygens (including phenoxy) is 1. The molecule has 136 valence electrons. The van der Waals surface area contributed by atoms with Crippen molar-refractivity contribution in [1.29, 1.82) is 0 Å². The summed E-state index contributed by atoms with van der Waals surface area (Å²) in [5.41, 5.74) is 2.33. The molecule has 4 aliphatic rings. The summed E-state index contributed by atoms with van der Waals surface area (Å²) in [4.78, 5) is 9.56. The van der Waals surface area contributed by atoms with Crippen LogP contribution in [0.2, 0.25) is 0 Å². The van der Waals surface area contributed by atoms with Crippen molar-refractivity contribution in [1.82, 2.24) is 9.80 Å². The van der Waals surface area contributed by atoms with E-state index in [-0.39, 0.29) is 0 Å². The standard InChI is InChI=1S/C22H22N4O/c1-3-17-13-19(5-1)27-20-6-2-4-18(14-20)24-10-12-26(16-24)22-8-7-21(22)25-11-9-23(17)15-25/h1-6,9-14,21-22H,7-8,15-16H2. The van der Waals surface area contributed by atoms with E-state index < -0.39 is 0 Å². The van der Waals surface area contributed by atoms with Crippen molar-refractivity contribution in [2.45, 2.75) is 24.9 Å². The van der Waals surface area contributed by atoms with Crippen molar-refractivity contribution in [2.24, 2.45) is 0 Å². The third-order valence-corrected chi connectivity index (χ3v) is 6.10. The minimum Gasteiger partial charge on any atom is -0.457 e. The molecule has 2 aromatic carbocycles. The molecule has 0 aromatic heterocycles. The first-order valence-electron chi connectivity index (χ1n) is 9.63. The molecule has 6 rings (SSSR count). The van der Waals surface area contributed by atoms with Gasteiger partial charge in [0.2, 0.25) is 0 Å². The van der Waals surface area contributed by atoms with Crippen LogP contribution in [0, 0.1) is 0 Å². The Balaban J connectivity index is 1.41. The lowest BCUT2D eigenvalue weighted by atomic mass is 9.84. The van der Waals surface area contributed by atoms with E-state index in [1.54, 1.807) is 0 Å². The minimum absolute atomic E-state index is 0.576. The Bertz CT molecular complexity index is 864. The maximum atomic E-state index is 6.17. The Morgan fingerprint density at radius 1 is 0.667 bits per heavy atom. The fourth-order valence-corrected chi connectivity index (χ4v) is 4.46. The lowest BCUT2D eigenvalue weighted by Crippen LogP contribution is -2.56. The van der Waals surface area contributed by atoms with E-state index in [4.69, 9.17) is 4.74 Å². The van der Waals surface area contributed by atoms with Crippen LogP contribution >= 0.6 is 0 Å². The highest BCUT2D eigenvalue weighted by molar-refractivity contribution is 5.57. The summed E-state index contributed by atoms with van der Waals surface area (Å²) in [5.74, 6) is 1.73. The van der Waals surface area contributed by atoms with Crippen LogP contribution in [0.4, 0.5) is 11.4 Å². The average molecular weight is 358 g/mol. The second kappa shape index (κ2) is 5.71. The smallest absolute Gasteiger partial charge is 0.129 e. The molecule has 3 aliphatic heterocycles. The predicted octanol–water partition coefficient (Wildman–Crippen LogP) is 4.12. The third-order valence-electron chi connectivity index (χ3n) is 6.10. The van der Waals surface area contributed by atoms with E-state index in [9.17, 15) is 0 Å². The number of hydrogen-bond donors (Lipinski definition) is 0. The number of rotatable bonds is 0. The summed E-state index contributed by atoms with van der Waals surface area (Å²) in [6, 6.07) is 17.8. The first-order valence-corrected chi connectivity index (χ1v) is 9.63. The van der Waals surface area contributed by atoms with Crippen LogP contribution < -0.4 is 14.5 Å². The zero-order valence-corrected chi connectivity index (χ0v) is 15.1. The van der Waals surface area contributed by atoms with Crippen molar-refractivity contribution >= 4 is 11.4 Å². The number of hydrogen-bond acceptors (Lipinski definition) is 5. The van der Waals surface area contributed by atoms with E-state index in [1.165, 1.54) is 24.2 Å². The van der Waals surface area contributed by atoms with Crippen LogP contribution in [0.15, 0.2) is 73.3 Å². The maximum absolute atomic E-state index is 6.17. The van der Waals surface area contributed by atoms with Gasteiger partial charge in [0.1, 0.15) is 11.5 Å². The van der Waals surface area contributed by atoms with Gasteiger partial charge in [0, 0.05) is 48.3 Å². The highest BCUT2D eigenvalue weighted by atomic mass is 16.5. The largest absolute Gasteiger partial charge is 0.457 e. The highest BCUT2D eigenvalue weighted by Gasteiger charge is 2.40. The Labute approximate surface area is 159 Å². The fourth-order valence-electron chi connectivity index (χ4n) is 4.46. The molecular weight excluding hydrogens is 336 g/mol. The summed E-state index contributed by atoms with van der Waals surface area (Å²) >= 11 is 0. The van der Waals surface area contributed by atoms with Crippen LogP contribution in [0.5, 0.6) is 11.5 Å². The average Bonchev–Trinajstić information content (AvgIpc) is 3.31. The van der Waals surface area contributed by atoms with Gasteiger partial charge in [-0.3, -0.25) is 0 Å². The molecule has 0 saturated heterocycles. The molecule has 3 heterocycles. The van der Waals surface area contributed by atoms with E-state index in [1.807, 2.05) is 12.1 Å². The van der Waals surface area contributed by atoms with E-state index in [0.29, 0.717) is 12.1 Å². The molecule has 1 fully saturated rings. The van der Waals surface area contributed by atoms with Crippen molar-refractivity contribution in [3.8, 4) is 11.5 Å². The van der Waals surface area contributed by atoms with E-state index >= 15 is 0 Å². The number of benzene rings is 2. The monoisotopic (exact) mass is 358 g/mol. The molecule has 0 amide bonds. The highest BCUT2D eigenvalue weighted by Crippen LogP contribution is 2.37. The second-order valence-corrected chi connectivity index (χ2v) is 7.66. The minimum atomic E-state index is 0.576. The van der Waals surface area contributed by atoms with Crippen LogP contribution in [0.25, 0.3) is 0 Å². The molecule has 2 aromatic rings. The Morgan fingerprint density at radius 3 is 1.67 bits per heavy atom. The predicted molar refractivity (Wildman–Crippen MR) is 106 cm³/mol. The van der Waals surface area contributed by atoms with Crippen LogP contribution in [-0.4, -0.2) is 35.2 Å². The van der Waals surface area contributed by atoms with E-state index in [0.717, 1.165) is 24.8 Å². The molecule has 0 radical (unpaired) electrons. The summed E-state index contributed by atoms with van der Waals surface area (Å²) in [5, 5.41) is 0. The van der Waals surface area contributed by atoms with Gasteiger partial charge in [-0.1, -0.05) is 12.1 Å². The van der Waals surface area contributed by atoms with Gasteiger partial charge in [0.25, 0.3) is 0 Å². The molecule has 2 unspecified atom stereocenters. The van der Waals surface area contributed by atoms with Gasteiger partial charge < -0.3 is 24.3 Å². The van der Waals surface area contributed by atoms with Gasteiger partial charge in [-0.25, -0.2) is 0 Å². The summed E-state index contributed by atoms with van der Waals surface area (Å²) < 4.78 is 6.17. The lowest BCUT2D eigenvalue weighted by molar-refractivity contribution is 0.0717. The zero-order chi connectivity index (χ0) is 17.8. The van der Waals surface area contributed by atoms with Crippen molar-refractivity contribution in [3.05, 3.63) is 73.3 Å². The molecule has 27 heavy (non-hydrogen) atoms. The molecule has 1 saturated carbocycles. The van der Waals surface area contributed by atoms with Crippen molar-refractivity contribution in [3.63, 3.8) is 0 Å². The Morgan fingerprint density at radius 2 is 1.19 bits per heavy atom. The van der Waals surface area contributed by atoms with Crippen molar-refractivity contribution < 1.29 is 4.74 Å². The molecule has 2 atom stereocenters. The number of anilines is 2. The van der Waals surface area contributed by atoms with E-state index in [2.05, 4.69) is 80.8 Å². The van der Waals surface area contributed by atoms with Crippen molar-refractivity contribution in [2.75, 3.05) is 23.1 Å². The second-order valence-electron chi connectivity index (χ2n) is 7.66. The van der Waals surface area contributed by atoms with Gasteiger partial charge in [0.05, 0.1) is 25.4 Å². The Kier molecular flexibility index (Phi) is 3.18. The lowest BCUT2D eigenvalue weighted by Gasteiger charge is -2.47. The van der Waals surface area contributed by atoms with Crippen LogP contribution in [-0.2, 0) is 0 Å². The quantitative estimate of drug-likeness (QED) is 0.704. The molecule has 1 aliphatic carbocycles. The maximum Gasteiger partial charge on any atom is 0.129 e. The first kappa shape index (κ1) is 15.0. The van der Waals surface area contributed by atoms with Gasteiger partial charge in [-0.05, 0) is 37.1 Å². The molecule has 5 nitrogen and oxygen atoms in total. The third kappa shape index (κ3) is 2.46. The molecular formula is C22H22N4O. The summed E-state index contributed by atoms with van der Waals surface area (Å²) in [7, 11) is 0. The van der Waals surface area contributed by atoms with Gasteiger partial charge >= 0.3 is 0 Å². The SMILES string of the molecule is C1=CN2CN1c1cccc(c1)Oc1cccc(c1)N1C=CN(C1)C1CCC12. The molecule has 5 heteroatoms. The van der Waals surface area contributed by atoms with Crippen LogP contribution in [0.3, 0.4) is 0 Å². The molecule has 0 spiro atoms. The first-order chi connectivity index (χ1) is 13.3. The topological polar surface area (TPSA) is 22.2 Å². The number of fused-ring (bicyclic) bond motifs is 13. The molecule has 8 bridgehead atoms. The summed E-state index contributed by atoms with van der Waals surface area (Å²) in [6.45, 7) is 1.80. The zero-order valence-electron chi connectivity index (χ0n) is 15.1. The van der Waals surface area contributed by atoms with Gasteiger partial charge in [-0.15, -0.1) is 0 Å². The molecule has 0 N–H and O–H groups in total. The summed E-state index contributed by atoms with van der Waals surface area (Å²) in [6.07, 6.45) is 11.4. The van der Waals surface area contributed by atoms with Crippen LogP contribution in [0.1, 0.15) is 12.8 Å². The fraction of sp³-hybridized carbons (Fsp3) is 0.273. The van der Waals surface area contributed by atoms with Gasteiger partial charge in [-0.2, -0.15) is 0 Å². The normalized spacial score (nSPS) is 24.9.